The van der Waals surface area contributed by atoms with Gasteiger partial charge in [-0.05, 0) is 12.1 Å². The maximum atomic E-state index is 11.4. The van der Waals surface area contributed by atoms with Crippen LogP contribution in [0.3, 0.4) is 0 Å². The Kier molecular flexibility index (Phi) is 1.97. The van der Waals surface area contributed by atoms with Gasteiger partial charge in [-0.2, -0.15) is 0 Å². The monoisotopic (exact) mass is 226 g/mol. The molecule has 6 heteroatoms. The van der Waals surface area contributed by atoms with E-state index in [4.69, 9.17) is 0 Å². The van der Waals surface area contributed by atoms with E-state index in [0.717, 1.165) is 6.26 Å². The molecule has 80 valence electrons. The quantitative estimate of drug-likeness (QED) is 0.758. The Balaban J connectivity index is 3.02. The van der Waals surface area contributed by atoms with Gasteiger partial charge >= 0.3 is 5.69 Å². The molecule has 0 spiro atoms. The van der Waals surface area contributed by atoms with Gasteiger partial charge in [0.25, 0.3) is 0 Å². The number of H-pyrrole nitrogens is 1. The fourth-order valence-electron chi connectivity index (χ4n) is 1.53. The SMILES string of the molecule is Cn1c(=O)[nH]c2c(S(C)(=O)=O)cccc21. The molecular formula is C9H10N2O3S. The molecule has 0 aliphatic heterocycles. The van der Waals surface area contributed by atoms with Crippen LogP contribution in [0.2, 0.25) is 0 Å². The fraction of sp³-hybridized carbons (Fsp3) is 0.222. The third kappa shape index (κ3) is 1.46. The van der Waals surface area contributed by atoms with Crippen molar-refractivity contribution in [1.82, 2.24) is 9.55 Å². The molecule has 0 fully saturated rings. The molecule has 0 unspecified atom stereocenters. The van der Waals surface area contributed by atoms with Crippen molar-refractivity contribution < 1.29 is 8.42 Å². The molecule has 2 aromatic rings. The molecule has 1 aromatic heterocycles. The van der Waals surface area contributed by atoms with Crippen LogP contribution >= 0.6 is 0 Å². The summed E-state index contributed by atoms with van der Waals surface area (Å²) >= 11 is 0. The van der Waals surface area contributed by atoms with Crippen molar-refractivity contribution >= 4 is 20.9 Å². The summed E-state index contributed by atoms with van der Waals surface area (Å²) in [7, 11) is -1.73. The van der Waals surface area contributed by atoms with E-state index in [-0.39, 0.29) is 10.6 Å². The normalized spacial score (nSPS) is 12.1. The van der Waals surface area contributed by atoms with Crippen molar-refractivity contribution in [2.45, 2.75) is 4.90 Å². The van der Waals surface area contributed by atoms with Gasteiger partial charge in [0.15, 0.2) is 9.84 Å². The third-order valence-electron chi connectivity index (χ3n) is 2.30. The summed E-state index contributed by atoms with van der Waals surface area (Å²) < 4.78 is 24.3. The number of imidazole rings is 1. The molecular weight excluding hydrogens is 216 g/mol. The lowest BCUT2D eigenvalue weighted by atomic mass is 10.3. The smallest absolute Gasteiger partial charge is 0.304 e. The van der Waals surface area contributed by atoms with Crippen molar-refractivity contribution in [3.05, 3.63) is 28.7 Å². The van der Waals surface area contributed by atoms with E-state index >= 15 is 0 Å². The van der Waals surface area contributed by atoms with E-state index < -0.39 is 9.84 Å². The number of hydrogen-bond acceptors (Lipinski definition) is 3. The zero-order valence-electron chi connectivity index (χ0n) is 8.31. The van der Waals surface area contributed by atoms with Gasteiger partial charge in [-0.15, -0.1) is 0 Å². The number of nitrogens with one attached hydrogen (secondary N) is 1. The molecule has 2 rings (SSSR count). The van der Waals surface area contributed by atoms with Crippen LogP contribution in [0.1, 0.15) is 0 Å². The molecule has 0 radical (unpaired) electrons. The van der Waals surface area contributed by atoms with Gasteiger partial charge in [0.2, 0.25) is 0 Å². The summed E-state index contributed by atoms with van der Waals surface area (Å²) in [5, 5.41) is 0. The summed E-state index contributed by atoms with van der Waals surface area (Å²) in [4.78, 5) is 14.0. The number of aryl methyl sites for hydroxylation is 1. The molecule has 0 saturated carbocycles. The highest BCUT2D eigenvalue weighted by atomic mass is 32.2. The molecule has 1 N–H and O–H groups in total. The van der Waals surface area contributed by atoms with Crippen molar-refractivity contribution in [3.63, 3.8) is 0 Å². The van der Waals surface area contributed by atoms with E-state index in [1.165, 1.54) is 10.6 Å². The number of aromatic nitrogens is 2. The zero-order valence-corrected chi connectivity index (χ0v) is 9.13. The standard InChI is InChI=1S/C9H10N2O3S/c1-11-6-4-3-5-7(15(2,13)14)8(6)10-9(11)12/h3-5H,1-2H3,(H,10,12). The largest absolute Gasteiger partial charge is 0.326 e. The summed E-state index contributed by atoms with van der Waals surface area (Å²) in [6.45, 7) is 0. The minimum atomic E-state index is -3.32. The van der Waals surface area contributed by atoms with Gasteiger partial charge < -0.3 is 4.98 Å². The van der Waals surface area contributed by atoms with Crippen LogP contribution in [0, 0.1) is 0 Å². The molecule has 0 saturated heterocycles. The molecule has 0 aliphatic rings. The molecule has 0 aliphatic carbocycles. The number of para-hydroxylation sites is 1. The molecule has 0 amide bonds. The summed E-state index contributed by atoms with van der Waals surface area (Å²) in [6, 6.07) is 4.79. The second-order valence-corrected chi connectivity index (χ2v) is 5.40. The first-order valence-electron chi connectivity index (χ1n) is 4.29. The van der Waals surface area contributed by atoms with Gasteiger partial charge in [0.1, 0.15) is 0 Å². The van der Waals surface area contributed by atoms with Gasteiger partial charge in [-0.3, -0.25) is 4.57 Å². The first-order valence-corrected chi connectivity index (χ1v) is 6.18. The van der Waals surface area contributed by atoms with E-state index in [1.54, 1.807) is 19.2 Å². The number of benzene rings is 1. The maximum Gasteiger partial charge on any atom is 0.326 e. The second-order valence-electron chi connectivity index (χ2n) is 3.41. The first-order chi connectivity index (χ1) is 6.91. The Labute approximate surface area is 86.3 Å². The first kappa shape index (κ1) is 9.97. The zero-order chi connectivity index (χ0) is 11.2. The van der Waals surface area contributed by atoms with E-state index in [2.05, 4.69) is 4.98 Å². The van der Waals surface area contributed by atoms with Crippen LogP contribution < -0.4 is 5.69 Å². The Morgan fingerprint density at radius 2 is 2.00 bits per heavy atom. The second kappa shape index (κ2) is 2.96. The Morgan fingerprint density at radius 1 is 1.33 bits per heavy atom. The topological polar surface area (TPSA) is 71.9 Å². The lowest BCUT2D eigenvalue weighted by molar-refractivity contribution is 0.602. The van der Waals surface area contributed by atoms with Crippen molar-refractivity contribution in [3.8, 4) is 0 Å². The highest BCUT2D eigenvalue weighted by Crippen LogP contribution is 2.19. The lowest BCUT2D eigenvalue weighted by Gasteiger charge is -1.99. The number of nitrogens with zero attached hydrogens (tertiary/aromatic N) is 1. The summed E-state index contributed by atoms with van der Waals surface area (Å²) in [5.41, 5.74) is 0.636. The number of aromatic amines is 1. The predicted molar refractivity (Wildman–Crippen MR) is 56.6 cm³/mol. The Hall–Kier alpha value is -1.56. The van der Waals surface area contributed by atoms with E-state index in [1.807, 2.05) is 0 Å². The lowest BCUT2D eigenvalue weighted by Crippen LogP contribution is -2.11. The highest BCUT2D eigenvalue weighted by Gasteiger charge is 2.14. The van der Waals surface area contributed by atoms with Gasteiger partial charge in [0.05, 0.1) is 15.9 Å². The van der Waals surface area contributed by atoms with Crippen LogP contribution in [0.5, 0.6) is 0 Å². The molecule has 1 heterocycles. The van der Waals surface area contributed by atoms with E-state index in [0.29, 0.717) is 11.0 Å². The minimum absolute atomic E-state index is 0.151. The average molecular weight is 226 g/mol. The van der Waals surface area contributed by atoms with E-state index in [9.17, 15) is 13.2 Å². The molecule has 15 heavy (non-hydrogen) atoms. The van der Waals surface area contributed by atoms with Crippen LogP contribution in [-0.2, 0) is 16.9 Å². The van der Waals surface area contributed by atoms with Crippen molar-refractivity contribution in [2.75, 3.05) is 6.26 Å². The molecule has 5 nitrogen and oxygen atoms in total. The average Bonchev–Trinajstić information content (AvgIpc) is 2.41. The number of rotatable bonds is 1. The fourth-order valence-corrected chi connectivity index (χ4v) is 2.39. The number of fused-ring (bicyclic) bond motifs is 1. The van der Waals surface area contributed by atoms with Gasteiger partial charge in [-0.25, -0.2) is 13.2 Å². The highest BCUT2D eigenvalue weighted by molar-refractivity contribution is 7.91. The van der Waals surface area contributed by atoms with Gasteiger partial charge in [-0.1, -0.05) is 6.07 Å². The Bertz CT molecular complexity index is 679. The van der Waals surface area contributed by atoms with Crippen LogP contribution in [0.15, 0.2) is 27.9 Å². The Morgan fingerprint density at radius 3 is 2.60 bits per heavy atom. The van der Waals surface area contributed by atoms with Gasteiger partial charge in [0, 0.05) is 13.3 Å². The number of sulfone groups is 1. The minimum Gasteiger partial charge on any atom is -0.304 e. The van der Waals surface area contributed by atoms with Crippen molar-refractivity contribution in [1.29, 1.82) is 0 Å². The van der Waals surface area contributed by atoms with Crippen molar-refractivity contribution in [2.24, 2.45) is 7.05 Å². The molecule has 0 bridgehead atoms. The third-order valence-corrected chi connectivity index (χ3v) is 3.44. The summed E-state index contributed by atoms with van der Waals surface area (Å²) in [5.74, 6) is 0. The van der Waals surface area contributed by atoms with Crippen LogP contribution in [0.25, 0.3) is 11.0 Å². The summed E-state index contributed by atoms with van der Waals surface area (Å²) in [6.07, 6.45) is 1.12. The van der Waals surface area contributed by atoms with Crippen LogP contribution in [0.4, 0.5) is 0 Å². The molecule has 1 aromatic carbocycles. The van der Waals surface area contributed by atoms with Crippen LogP contribution in [-0.4, -0.2) is 24.2 Å². The number of hydrogen-bond donors (Lipinski definition) is 1. The maximum absolute atomic E-state index is 11.4. The molecule has 0 atom stereocenters. The predicted octanol–water partition coefficient (Wildman–Crippen LogP) is 0.270.